The van der Waals surface area contributed by atoms with Crippen LogP contribution >= 0.6 is 15.8 Å². The fourth-order valence-electron chi connectivity index (χ4n) is 9.79. The van der Waals surface area contributed by atoms with Gasteiger partial charge in [0.05, 0.1) is 0 Å². The molecule has 2 aromatic rings. The van der Waals surface area contributed by atoms with Crippen LogP contribution in [0.2, 0.25) is 0 Å². The molecule has 8 rings (SSSR count). The summed E-state index contributed by atoms with van der Waals surface area (Å²) in [6.07, 6.45) is 16.5. The Bertz CT molecular complexity index is 919. The normalized spacial score (nSPS) is 38.4. The van der Waals surface area contributed by atoms with Crippen LogP contribution in [0, 0.1) is 59.4 Å². The van der Waals surface area contributed by atoms with Gasteiger partial charge in [0.15, 0.2) is 0 Å². The average molecular weight is 592 g/mol. The minimum atomic E-state index is -0.0511. The molecule has 4 bridgehead atoms. The van der Waals surface area contributed by atoms with Crippen LogP contribution in [0.25, 0.3) is 0 Å². The van der Waals surface area contributed by atoms with Gasteiger partial charge in [0, 0.05) is 39.6 Å². The number of hydrogen-bond donors (Lipinski definition) is 0. The minimum Gasteiger partial charge on any atom is -0.0753 e. The summed E-state index contributed by atoms with van der Waals surface area (Å²) in [5.41, 5.74) is 2.82. The van der Waals surface area contributed by atoms with Crippen LogP contribution in [-0.2, 0) is 17.1 Å². The first-order chi connectivity index (χ1) is 17.7. The molecule has 0 spiro atoms. The van der Waals surface area contributed by atoms with Gasteiger partial charge in [-0.25, -0.2) is 0 Å². The summed E-state index contributed by atoms with van der Waals surface area (Å²) in [6.45, 7) is 4.98. The Morgan fingerprint density at radius 1 is 0.590 bits per heavy atom. The Kier molecular flexibility index (Phi) is 11.0. The molecule has 39 heavy (non-hydrogen) atoms. The molecule has 204 valence electrons. The molecule has 0 amide bonds. The van der Waals surface area contributed by atoms with Gasteiger partial charge in [-0.05, 0) is 141 Å². The van der Waals surface area contributed by atoms with Gasteiger partial charge >= 0.3 is 0 Å². The van der Waals surface area contributed by atoms with E-state index in [0.29, 0.717) is 0 Å². The minimum absolute atomic E-state index is 0. The van der Waals surface area contributed by atoms with E-state index < -0.39 is 0 Å². The third-order valence-corrected chi connectivity index (χ3v) is 16.5. The summed E-state index contributed by atoms with van der Waals surface area (Å²) >= 11 is 0. The molecule has 6 aliphatic carbocycles. The predicted molar refractivity (Wildman–Crippen MR) is 170 cm³/mol. The number of fused-ring (bicyclic) bond motifs is 10. The second kappa shape index (κ2) is 13.5. The second-order valence-corrected chi connectivity index (χ2v) is 17.7. The SMILES string of the molecule is CP([C]1[CH]C2C3CCC(C3)C2C1)c1ccccc1.CP(c1ccccc1)C1CC2C3CCC(C3)C2C1.[B].[B].[Fe]. The standard InChI is InChI=1S/C17H23P.C17H21P.2B.Fe/c2*1-18(14-5-3-2-4-6-14)15-10-16-12-7-8-13(9-12)17(16)11-15;;;/h2-6,12-13,15-17H,7-11H2,1H3;2-6,10,12-13,16-17H,7-9,11H2,1H3;;;. The van der Waals surface area contributed by atoms with Crippen LogP contribution in [-0.4, -0.2) is 35.8 Å². The topological polar surface area (TPSA) is 0 Å². The maximum absolute atomic E-state index is 2.70. The van der Waals surface area contributed by atoms with Gasteiger partial charge in [0.1, 0.15) is 0 Å². The third kappa shape index (κ3) is 6.06. The van der Waals surface area contributed by atoms with E-state index in [0.717, 1.165) is 53.0 Å². The van der Waals surface area contributed by atoms with Crippen LogP contribution in [0.15, 0.2) is 60.7 Å². The second-order valence-electron chi connectivity index (χ2n) is 13.1. The molecule has 6 aliphatic rings. The summed E-state index contributed by atoms with van der Waals surface area (Å²) in [5, 5.41) is 3.19. The fraction of sp³-hybridized carbons (Fsp3) is 0.588. The molecule has 0 aromatic heterocycles. The van der Waals surface area contributed by atoms with Crippen molar-refractivity contribution in [2.24, 2.45) is 47.3 Å². The summed E-state index contributed by atoms with van der Waals surface area (Å²) in [4.78, 5) is 0. The molecule has 0 heterocycles. The fourth-order valence-corrected chi connectivity index (χ4v) is 13.8. The van der Waals surface area contributed by atoms with E-state index in [4.69, 9.17) is 0 Å². The maximum Gasteiger partial charge on any atom is 0.00816 e. The van der Waals surface area contributed by atoms with Gasteiger partial charge < -0.3 is 0 Å². The van der Waals surface area contributed by atoms with E-state index >= 15 is 0 Å². The molecule has 0 N–H and O–H groups in total. The maximum atomic E-state index is 2.70. The molecule has 0 aliphatic heterocycles. The quantitative estimate of drug-likeness (QED) is 0.252. The first-order valence-electron chi connectivity index (χ1n) is 14.9. The summed E-state index contributed by atoms with van der Waals surface area (Å²) in [7, 11) is 0.0367. The molecule has 0 saturated heterocycles. The molecule has 10 atom stereocenters. The zero-order valence-electron chi connectivity index (χ0n) is 23.8. The van der Waals surface area contributed by atoms with Gasteiger partial charge in [0.25, 0.3) is 0 Å². The number of benzene rings is 2. The molecule has 2 aromatic carbocycles. The van der Waals surface area contributed by atoms with Gasteiger partial charge in [-0.3, -0.25) is 0 Å². The summed E-state index contributed by atoms with van der Waals surface area (Å²) in [6, 6.07) is 22.4. The molecular formula is C34H44B2FeP2. The van der Waals surface area contributed by atoms with Crippen LogP contribution < -0.4 is 10.6 Å². The van der Waals surface area contributed by atoms with E-state index in [9.17, 15) is 0 Å². The Labute approximate surface area is 256 Å². The van der Waals surface area contributed by atoms with Gasteiger partial charge in [-0.15, -0.1) is 0 Å². The first-order valence-corrected chi connectivity index (χ1v) is 18.6. The van der Waals surface area contributed by atoms with Crippen molar-refractivity contribution in [1.29, 1.82) is 0 Å². The Morgan fingerprint density at radius 2 is 1.08 bits per heavy atom. The Morgan fingerprint density at radius 3 is 1.64 bits per heavy atom. The molecule has 8 radical (unpaired) electrons. The van der Waals surface area contributed by atoms with Crippen molar-refractivity contribution in [1.82, 2.24) is 0 Å². The van der Waals surface area contributed by atoms with Gasteiger partial charge in [-0.2, -0.15) is 0 Å². The Hall–Kier alpha value is -0.0506. The molecular weight excluding hydrogens is 548 g/mol. The monoisotopic (exact) mass is 592 g/mol. The molecule has 6 saturated carbocycles. The zero-order valence-corrected chi connectivity index (χ0v) is 26.7. The van der Waals surface area contributed by atoms with E-state index in [1.165, 1.54) is 19.3 Å². The van der Waals surface area contributed by atoms with E-state index in [-0.39, 0.29) is 49.7 Å². The number of hydrogen-bond acceptors (Lipinski definition) is 0. The predicted octanol–water partition coefficient (Wildman–Crippen LogP) is 7.71. The third-order valence-electron chi connectivity index (χ3n) is 11.6. The van der Waals surface area contributed by atoms with E-state index in [2.05, 4.69) is 80.4 Å². The van der Waals surface area contributed by atoms with Gasteiger partial charge in [0.2, 0.25) is 0 Å². The van der Waals surface area contributed by atoms with Crippen molar-refractivity contribution < 1.29 is 17.1 Å². The van der Waals surface area contributed by atoms with Crippen LogP contribution in [0.4, 0.5) is 0 Å². The molecule has 5 heteroatoms. The van der Waals surface area contributed by atoms with Crippen molar-refractivity contribution in [3.05, 3.63) is 72.7 Å². The van der Waals surface area contributed by atoms with Crippen LogP contribution in [0.3, 0.4) is 0 Å². The van der Waals surface area contributed by atoms with Gasteiger partial charge in [-0.1, -0.05) is 76.5 Å². The Balaban J connectivity index is 0.000000168. The van der Waals surface area contributed by atoms with Crippen LogP contribution in [0.5, 0.6) is 0 Å². The molecule has 6 fully saturated rings. The van der Waals surface area contributed by atoms with Crippen molar-refractivity contribution in [2.75, 3.05) is 13.3 Å². The number of rotatable bonds is 4. The van der Waals surface area contributed by atoms with E-state index in [1.807, 2.05) is 0 Å². The van der Waals surface area contributed by atoms with Crippen molar-refractivity contribution in [3.8, 4) is 0 Å². The first kappa shape index (κ1) is 31.9. The average Bonchev–Trinajstić information content (AvgIpc) is 3.76. The summed E-state index contributed by atoms with van der Waals surface area (Å²) in [5.74, 6) is 8.64. The molecule has 0 nitrogen and oxygen atoms in total. The van der Waals surface area contributed by atoms with E-state index in [1.54, 1.807) is 54.8 Å². The largest absolute Gasteiger partial charge is 0.0753 e. The molecule has 10 unspecified atom stereocenters. The van der Waals surface area contributed by atoms with Crippen LogP contribution in [0.1, 0.15) is 57.8 Å². The van der Waals surface area contributed by atoms with Crippen molar-refractivity contribution in [2.45, 2.75) is 63.4 Å². The summed E-state index contributed by atoms with van der Waals surface area (Å²) < 4.78 is 0. The van der Waals surface area contributed by atoms with Crippen molar-refractivity contribution >= 4 is 43.3 Å². The zero-order chi connectivity index (χ0) is 24.2. The van der Waals surface area contributed by atoms with Crippen molar-refractivity contribution in [3.63, 3.8) is 0 Å². The smallest absolute Gasteiger partial charge is 0.00816 e.